The molecule has 1 aliphatic carbocycles. The molecule has 0 aliphatic heterocycles. The standard InChI is InChI=1S/C13H18INO/c1-15(2)8-11-10-6-4-3-5-9(10)7-12(14)13(11)16/h7,16H,3-6,8H2,1-2H3. The van der Waals surface area contributed by atoms with Gasteiger partial charge in [-0.15, -0.1) is 0 Å². The molecule has 0 spiro atoms. The zero-order valence-electron chi connectivity index (χ0n) is 9.89. The maximum atomic E-state index is 10.2. The van der Waals surface area contributed by atoms with E-state index in [0.717, 1.165) is 22.1 Å². The summed E-state index contributed by atoms with van der Waals surface area (Å²) in [7, 11) is 4.10. The average molecular weight is 331 g/mol. The van der Waals surface area contributed by atoms with Crippen molar-refractivity contribution in [2.75, 3.05) is 14.1 Å². The van der Waals surface area contributed by atoms with E-state index in [1.165, 1.54) is 30.4 Å². The number of rotatable bonds is 2. The Hall–Kier alpha value is -0.290. The SMILES string of the molecule is CN(C)Cc1c(O)c(I)cc2c1CCCC2. The van der Waals surface area contributed by atoms with Gasteiger partial charge in [0.25, 0.3) is 0 Å². The second-order valence-corrected chi connectivity index (χ2v) is 5.93. The number of nitrogens with zero attached hydrogens (tertiary/aromatic N) is 1. The molecular formula is C13H18INO. The van der Waals surface area contributed by atoms with Gasteiger partial charge in [0.15, 0.2) is 0 Å². The van der Waals surface area contributed by atoms with Gasteiger partial charge in [-0.2, -0.15) is 0 Å². The molecule has 0 saturated heterocycles. The minimum absolute atomic E-state index is 0.495. The first-order valence-electron chi connectivity index (χ1n) is 5.76. The van der Waals surface area contributed by atoms with Crippen molar-refractivity contribution in [2.24, 2.45) is 0 Å². The lowest BCUT2D eigenvalue weighted by Gasteiger charge is -2.23. The van der Waals surface area contributed by atoms with Crippen molar-refractivity contribution in [3.05, 3.63) is 26.3 Å². The molecule has 0 aromatic heterocycles. The summed E-state index contributed by atoms with van der Waals surface area (Å²) in [6.45, 7) is 0.838. The Morgan fingerprint density at radius 1 is 1.31 bits per heavy atom. The first kappa shape index (κ1) is 12.2. The number of hydrogen-bond acceptors (Lipinski definition) is 2. The predicted molar refractivity (Wildman–Crippen MR) is 74.9 cm³/mol. The largest absolute Gasteiger partial charge is 0.506 e. The predicted octanol–water partition coefficient (Wildman–Crippen LogP) is 2.94. The molecule has 0 amide bonds. The first-order chi connectivity index (χ1) is 7.59. The van der Waals surface area contributed by atoms with Crippen LogP contribution in [0.15, 0.2) is 6.07 Å². The maximum Gasteiger partial charge on any atom is 0.133 e. The van der Waals surface area contributed by atoms with Crippen LogP contribution in [-0.4, -0.2) is 24.1 Å². The molecule has 1 aromatic rings. The Morgan fingerprint density at radius 2 is 2.00 bits per heavy atom. The highest BCUT2D eigenvalue weighted by molar-refractivity contribution is 14.1. The monoisotopic (exact) mass is 331 g/mol. The number of benzene rings is 1. The molecule has 1 N–H and O–H groups in total. The van der Waals surface area contributed by atoms with Gasteiger partial charge >= 0.3 is 0 Å². The van der Waals surface area contributed by atoms with E-state index in [1.807, 2.05) is 0 Å². The van der Waals surface area contributed by atoms with Gasteiger partial charge in [0.2, 0.25) is 0 Å². The van der Waals surface area contributed by atoms with Crippen molar-refractivity contribution < 1.29 is 5.11 Å². The Labute approximate surface area is 111 Å². The fraction of sp³-hybridized carbons (Fsp3) is 0.538. The smallest absolute Gasteiger partial charge is 0.133 e. The molecule has 16 heavy (non-hydrogen) atoms. The molecular weight excluding hydrogens is 313 g/mol. The summed E-state index contributed by atoms with van der Waals surface area (Å²) in [6, 6.07) is 2.16. The van der Waals surface area contributed by atoms with Crippen molar-refractivity contribution in [1.82, 2.24) is 4.90 Å². The summed E-state index contributed by atoms with van der Waals surface area (Å²) in [6.07, 6.45) is 4.84. The lowest BCUT2D eigenvalue weighted by molar-refractivity contribution is 0.381. The maximum absolute atomic E-state index is 10.2. The Kier molecular flexibility index (Phi) is 3.74. The summed E-state index contributed by atoms with van der Waals surface area (Å²) < 4.78 is 0.995. The number of aryl methyl sites for hydroxylation is 1. The van der Waals surface area contributed by atoms with Crippen LogP contribution in [0.2, 0.25) is 0 Å². The molecule has 3 heteroatoms. The zero-order valence-corrected chi connectivity index (χ0v) is 12.0. The van der Waals surface area contributed by atoms with Crippen molar-refractivity contribution in [3.8, 4) is 5.75 Å². The summed E-state index contributed by atoms with van der Waals surface area (Å²) in [5.41, 5.74) is 4.00. The second-order valence-electron chi connectivity index (χ2n) is 4.77. The number of hydrogen-bond donors (Lipinski definition) is 1. The molecule has 0 unspecified atom stereocenters. The average Bonchev–Trinajstić information content (AvgIpc) is 2.24. The highest BCUT2D eigenvalue weighted by atomic mass is 127. The van der Waals surface area contributed by atoms with Crippen molar-refractivity contribution >= 4 is 22.6 Å². The van der Waals surface area contributed by atoms with Crippen LogP contribution in [0.3, 0.4) is 0 Å². The molecule has 0 fully saturated rings. The third-order valence-corrected chi connectivity index (χ3v) is 3.98. The van der Waals surface area contributed by atoms with E-state index in [1.54, 1.807) is 0 Å². The third kappa shape index (κ3) is 2.35. The minimum Gasteiger partial charge on any atom is -0.506 e. The molecule has 0 heterocycles. The second kappa shape index (κ2) is 4.92. The van der Waals surface area contributed by atoms with Crippen molar-refractivity contribution in [3.63, 3.8) is 0 Å². The zero-order chi connectivity index (χ0) is 11.7. The van der Waals surface area contributed by atoms with Crippen LogP contribution in [0, 0.1) is 3.57 Å². The van der Waals surface area contributed by atoms with E-state index in [-0.39, 0.29) is 0 Å². The molecule has 2 nitrogen and oxygen atoms in total. The fourth-order valence-electron chi connectivity index (χ4n) is 2.43. The summed E-state index contributed by atoms with van der Waals surface area (Å²) in [5, 5.41) is 10.2. The number of phenols is 1. The summed E-state index contributed by atoms with van der Waals surface area (Å²) >= 11 is 2.23. The van der Waals surface area contributed by atoms with Crippen molar-refractivity contribution in [2.45, 2.75) is 32.2 Å². The van der Waals surface area contributed by atoms with E-state index in [0.29, 0.717) is 5.75 Å². The molecule has 1 aromatic carbocycles. The number of fused-ring (bicyclic) bond motifs is 1. The Bertz CT molecular complexity index is 401. The quantitative estimate of drug-likeness (QED) is 0.843. The highest BCUT2D eigenvalue weighted by Crippen LogP contribution is 2.35. The van der Waals surface area contributed by atoms with Crippen LogP contribution in [0.1, 0.15) is 29.5 Å². The number of phenolic OH excluding ortho intramolecular Hbond substituents is 1. The van der Waals surface area contributed by atoms with Crippen molar-refractivity contribution in [1.29, 1.82) is 0 Å². The normalized spacial score (nSPS) is 15.2. The fourth-order valence-corrected chi connectivity index (χ4v) is 3.13. The van der Waals surface area contributed by atoms with Crippen LogP contribution in [0.5, 0.6) is 5.75 Å². The number of aromatic hydroxyl groups is 1. The van der Waals surface area contributed by atoms with E-state index in [4.69, 9.17) is 0 Å². The molecule has 2 rings (SSSR count). The van der Waals surface area contributed by atoms with Gasteiger partial charge in [-0.25, -0.2) is 0 Å². The molecule has 1 aliphatic rings. The van der Waals surface area contributed by atoms with Gasteiger partial charge in [-0.3, -0.25) is 0 Å². The molecule has 0 bridgehead atoms. The third-order valence-electron chi connectivity index (χ3n) is 3.16. The van der Waals surface area contributed by atoms with Gasteiger partial charge in [0.1, 0.15) is 5.75 Å². The van der Waals surface area contributed by atoms with E-state index in [9.17, 15) is 5.11 Å². The van der Waals surface area contributed by atoms with Crippen LogP contribution >= 0.6 is 22.6 Å². The Morgan fingerprint density at radius 3 is 2.69 bits per heavy atom. The van der Waals surface area contributed by atoms with Gasteiger partial charge in [-0.1, -0.05) is 0 Å². The Balaban J connectivity index is 2.50. The van der Waals surface area contributed by atoms with Crippen LogP contribution in [0.25, 0.3) is 0 Å². The lowest BCUT2D eigenvalue weighted by Crippen LogP contribution is -2.15. The van der Waals surface area contributed by atoms with Gasteiger partial charge in [0.05, 0.1) is 3.57 Å². The van der Waals surface area contributed by atoms with Crippen LogP contribution in [-0.2, 0) is 19.4 Å². The minimum atomic E-state index is 0.495. The van der Waals surface area contributed by atoms with Crippen LogP contribution in [0.4, 0.5) is 0 Å². The van der Waals surface area contributed by atoms with Gasteiger partial charge in [-0.05, 0) is 79.6 Å². The van der Waals surface area contributed by atoms with E-state index >= 15 is 0 Å². The lowest BCUT2D eigenvalue weighted by atomic mass is 9.87. The van der Waals surface area contributed by atoms with E-state index < -0.39 is 0 Å². The molecule has 0 atom stereocenters. The highest BCUT2D eigenvalue weighted by Gasteiger charge is 2.19. The molecule has 0 saturated carbocycles. The first-order valence-corrected chi connectivity index (χ1v) is 6.84. The van der Waals surface area contributed by atoms with Gasteiger partial charge < -0.3 is 10.0 Å². The van der Waals surface area contributed by atoms with E-state index in [2.05, 4.69) is 47.7 Å². The molecule has 88 valence electrons. The van der Waals surface area contributed by atoms with Gasteiger partial charge in [0, 0.05) is 12.1 Å². The number of halogens is 1. The molecule has 0 radical (unpaired) electrons. The topological polar surface area (TPSA) is 23.5 Å². The summed E-state index contributed by atoms with van der Waals surface area (Å²) in [4.78, 5) is 2.13. The van der Waals surface area contributed by atoms with Crippen LogP contribution < -0.4 is 0 Å². The summed E-state index contributed by atoms with van der Waals surface area (Å²) in [5.74, 6) is 0.495.